The van der Waals surface area contributed by atoms with E-state index >= 15 is 0 Å². The summed E-state index contributed by atoms with van der Waals surface area (Å²) < 4.78 is 5.84. The van der Waals surface area contributed by atoms with Crippen molar-refractivity contribution in [2.24, 2.45) is 4.99 Å². The van der Waals surface area contributed by atoms with Crippen molar-refractivity contribution >= 4 is 5.90 Å². The summed E-state index contributed by atoms with van der Waals surface area (Å²) in [7, 11) is 0. The molecule has 0 aromatic heterocycles. The van der Waals surface area contributed by atoms with Gasteiger partial charge in [0.15, 0.2) is 0 Å². The number of benzene rings is 3. The number of aliphatic imine (C=N–C) groups is 1. The Hall–Kier alpha value is -3.07. The second kappa shape index (κ2) is 6.44. The van der Waals surface area contributed by atoms with Gasteiger partial charge in [-0.2, -0.15) is 0 Å². The Morgan fingerprint density at radius 1 is 0.840 bits per heavy atom. The average Bonchev–Trinajstić information content (AvgIpc) is 3.13. The van der Waals surface area contributed by atoms with Crippen molar-refractivity contribution in [3.8, 4) is 16.9 Å². The standard InChI is InChI=1S/C22H19NO2/c1-15-4-2-3-5-20(15)21-14-25-22(23-21)18-8-6-16(7-9-18)17-10-12-19(24)13-11-17/h2-13,21,24H,14H2,1H3. The highest BCUT2D eigenvalue weighted by Gasteiger charge is 2.22. The van der Waals surface area contributed by atoms with Gasteiger partial charge in [0.1, 0.15) is 18.4 Å². The topological polar surface area (TPSA) is 41.8 Å². The van der Waals surface area contributed by atoms with Crippen molar-refractivity contribution in [3.63, 3.8) is 0 Å². The molecule has 1 atom stereocenters. The first-order valence-electron chi connectivity index (χ1n) is 8.37. The normalized spacial score (nSPS) is 16.4. The number of aryl methyl sites for hydroxylation is 1. The summed E-state index contributed by atoms with van der Waals surface area (Å²) >= 11 is 0. The first-order chi connectivity index (χ1) is 12.2. The van der Waals surface area contributed by atoms with Crippen molar-refractivity contribution in [2.75, 3.05) is 6.61 Å². The van der Waals surface area contributed by atoms with Crippen LogP contribution in [0.1, 0.15) is 22.7 Å². The van der Waals surface area contributed by atoms with Crippen molar-refractivity contribution < 1.29 is 9.84 Å². The number of nitrogens with zero attached hydrogens (tertiary/aromatic N) is 1. The van der Waals surface area contributed by atoms with Crippen LogP contribution in [0.25, 0.3) is 11.1 Å². The van der Waals surface area contributed by atoms with Gasteiger partial charge in [-0.3, -0.25) is 0 Å². The number of ether oxygens (including phenoxy) is 1. The van der Waals surface area contributed by atoms with E-state index in [1.165, 1.54) is 11.1 Å². The SMILES string of the molecule is Cc1ccccc1C1COC(c2ccc(-c3ccc(O)cc3)cc2)=N1. The van der Waals surface area contributed by atoms with Gasteiger partial charge in [0.25, 0.3) is 0 Å². The van der Waals surface area contributed by atoms with Crippen LogP contribution in [-0.2, 0) is 4.74 Å². The van der Waals surface area contributed by atoms with E-state index in [1.54, 1.807) is 12.1 Å². The third-order valence-electron chi connectivity index (χ3n) is 4.53. The molecule has 1 unspecified atom stereocenters. The Bertz CT molecular complexity index is 912. The van der Waals surface area contributed by atoms with E-state index in [9.17, 15) is 5.11 Å². The highest BCUT2D eigenvalue weighted by atomic mass is 16.5. The molecule has 0 aliphatic carbocycles. The van der Waals surface area contributed by atoms with Crippen LogP contribution in [0.15, 0.2) is 77.8 Å². The third kappa shape index (κ3) is 3.13. The molecule has 1 N–H and O–H groups in total. The minimum Gasteiger partial charge on any atom is -0.508 e. The van der Waals surface area contributed by atoms with Crippen LogP contribution in [0.5, 0.6) is 5.75 Å². The second-order valence-corrected chi connectivity index (χ2v) is 6.24. The van der Waals surface area contributed by atoms with Gasteiger partial charge < -0.3 is 9.84 Å². The van der Waals surface area contributed by atoms with Gasteiger partial charge in [0, 0.05) is 5.56 Å². The maximum Gasteiger partial charge on any atom is 0.216 e. The summed E-state index contributed by atoms with van der Waals surface area (Å²) in [6.07, 6.45) is 0. The molecular formula is C22H19NO2. The van der Waals surface area contributed by atoms with Gasteiger partial charge in [-0.1, -0.05) is 48.5 Å². The molecule has 0 fully saturated rings. The lowest BCUT2D eigenvalue weighted by Gasteiger charge is -2.08. The van der Waals surface area contributed by atoms with Gasteiger partial charge in [-0.15, -0.1) is 0 Å². The van der Waals surface area contributed by atoms with Crippen LogP contribution in [0, 0.1) is 6.92 Å². The molecular weight excluding hydrogens is 310 g/mol. The maximum atomic E-state index is 9.40. The summed E-state index contributed by atoms with van der Waals surface area (Å²) in [4.78, 5) is 4.76. The molecule has 0 saturated carbocycles. The van der Waals surface area contributed by atoms with Crippen molar-refractivity contribution in [1.29, 1.82) is 0 Å². The zero-order valence-corrected chi connectivity index (χ0v) is 14.0. The van der Waals surface area contributed by atoms with Crippen LogP contribution in [-0.4, -0.2) is 17.6 Å². The highest BCUT2D eigenvalue weighted by Crippen LogP contribution is 2.28. The number of hydrogen-bond acceptors (Lipinski definition) is 3. The summed E-state index contributed by atoms with van der Waals surface area (Å²) in [5, 5.41) is 9.40. The van der Waals surface area contributed by atoms with E-state index in [2.05, 4.69) is 31.2 Å². The fourth-order valence-corrected chi connectivity index (χ4v) is 3.11. The van der Waals surface area contributed by atoms with Crippen LogP contribution < -0.4 is 0 Å². The average molecular weight is 329 g/mol. The second-order valence-electron chi connectivity index (χ2n) is 6.24. The Labute approximate surface area is 147 Å². The Kier molecular flexibility index (Phi) is 3.98. The highest BCUT2D eigenvalue weighted by molar-refractivity contribution is 5.95. The van der Waals surface area contributed by atoms with E-state index in [1.807, 2.05) is 36.4 Å². The minimum atomic E-state index is 0.0629. The number of hydrogen-bond donors (Lipinski definition) is 1. The zero-order valence-electron chi connectivity index (χ0n) is 14.0. The smallest absolute Gasteiger partial charge is 0.216 e. The summed E-state index contributed by atoms with van der Waals surface area (Å²) in [5.41, 5.74) is 5.61. The molecule has 3 nitrogen and oxygen atoms in total. The molecule has 1 heterocycles. The summed E-state index contributed by atoms with van der Waals surface area (Å²) in [6.45, 7) is 2.69. The van der Waals surface area contributed by atoms with E-state index in [0.29, 0.717) is 12.5 Å². The van der Waals surface area contributed by atoms with E-state index in [-0.39, 0.29) is 11.8 Å². The summed E-state index contributed by atoms with van der Waals surface area (Å²) in [6, 6.07) is 23.7. The van der Waals surface area contributed by atoms with Crippen molar-refractivity contribution in [2.45, 2.75) is 13.0 Å². The van der Waals surface area contributed by atoms with Crippen LogP contribution >= 0.6 is 0 Å². The first kappa shape index (κ1) is 15.5. The maximum absolute atomic E-state index is 9.40. The number of phenolic OH excluding ortho intramolecular Hbond substituents is 1. The molecule has 0 amide bonds. The molecule has 0 bridgehead atoms. The number of rotatable bonds is 3. The van der Waals surface area contributed by atoms with Gasteiger partial charge >= 0.3 is 0 Å². The molecule has 3 aromatic carbocycles. The lowest BCUT2D eigenvalue weighted by molar-refractivity contribution is 0.319. The largest absolute Gasteiger partial charge is 0.508 e. The van der Waals surface area contributed by atoms with Crippen LogP contribution in [0.4, 0.5) is 0 Å². The third-order valence-corrected chi connectivity index (χ3v) is 4.53. The van der Waals surface area contributed by atoms with E-state index in [0.717, 1.165) is 16.7 Å². The molecule has 124 valence electrons. The lowest BCUT2D eigenvalue weighted by atomic mass is 10.0. The fraction of sp³-hybridized carbons (Fsp3) is 0.136. The van der Waals surface area contributed by atoms with Gasteiger partial charge in [-0.05, 0) is 53.4 Å². The predicted molar refractivity (Wildman–Crippen MR) is 100.0 cm³/mol. The molecule has 4 rings (SSSR count). The van der Waals surface area contributed by atoms with Gasteiger partial charge in [0.05, 0.1) is 0 Å². The summed E-state index contributed by atoms with van der Waals surface area (Å²) in [5.74, 6) is 0.974. The first-order valence-corrected chi connectivity index (χ1v) is 8.37. The molecule has 1 aliphatic heterocycles. The molecule has 3 aromatic rings. The number of phenols is 1. The molecule has 25 heavy (non-hydrogen) atoms. The van der Waals surface area contributed by atoms with Crippen molar-refractivity contribution in [1.82, 2.24) is 0 Å². The van der Waals surface area contributed by atoms with E-state index in [4.69, 9.17) is 9.73 Å². The van der Waals surface area contributed by atoms with Crippen LogP contribution in [0.2, 0.25) is 0 Å². The van der Waals surface area contributed by atoms with Crippen LogP contribution in [0.3, 0.4) is 0 Å². The van der Waals surface area contributed by atoms with Crippen molar-refractivity contribution in [3.05, 3.63) is 89.5 Å². The molecule has 0 radical (unpaired) electrons. The fourth-order valence-electron chi connectivity index (χ4n) is 3.11. The quantitative estimate of drug-likeness (QED) is 0.743. The monoisotopic (exact) mass is 329 g/mol. The predicted octanol–water partition coefficient (Wildman–Crippen LogP) is 4.89. The Balaban J connectivity index is 1.57. The Morgan fingerprint density at radius 2 is 1.44 bits per heavy atom. The van der Waals surface area contributed by atoms with Gasteiger partial charge in [-0.25, -0.2) is 4.99 Å². The Morgan fingerprint density at radius 3 is 2.12 bits per heavy atom. The molecule has 3 heteroatoms. The van der Waals surface area contributed by atoms with Gasteiger partial charge in [0.2, 0.25) is 5.90 Å². The molecule has 1 aliphatic rings. The van der Waals surface area contributed by atoms with E-state index < -0.39 is 0 Å². The number of aromatic hydroxyl groups is 1. The molecule has 0 saturated heterocycles. The lowest BCUT2D eigenvalue weighted by Crippen LogP contribution is -2.01. The molecule has 0 spiro atoms. The zero-order chi connectivity index (χ0) is 17.2. The minimum absolute atomic E-state index is 0.0629.